The third-order valence-corrected chi connectivity index (χ3v) is 3.44. The Hall–Kier alpha value is -2.08. The SMILES string of the molecule is C=C/C=C\c1c(C=C)c(C)c2ccccc2c1C. The van der Waals surface area contributed by atoms with Gasteiger partial charge in [-0.25, -0.2) is 0 Å². The molecule has 0 nitrogen and oxygen atoms in total. The zero-order valence-electron chi connectivity index (χ0n) is 11.0. The monoisotopic (exact) mass is 234 g/mol. The van der Waals surface area contributed by atoms with Gasteiger partial charge < -0.3 is 0 Å². The number of hydrogen-bond donors (Lipinski definition) is 0. The summed E-state index contributed by atoms with van der Waals surface area (Å²) in [5, 5.41) is 2.62. The molecule has 2 rings (SSSR count). The smallest absolute Gasteiger partial charge is 0.0146 e. The van der Waals surface area contributed by atoms with E-state index in [1.54, 1.807) is 6.08 Å². The summed E-state index contributed by atoms with van der Waals surface area (Å²) in [7, 11) is 0. The first-order valence-electron chi connectivity index (χ1n) is 6.14. The van der Waals surface area contributed by atoms with Crippen LogP contribution in [0, 0.1) is 13.8 Å². The summed E-state index contributed by atoms with van der Waals surface area (Å²) in [6, 6.07) is 8.52. The summed E-state index contributed by atoms with van der Waals surface area (Å²) in [4.78, 5) is 0. The molecule has 0 amide bonds. The molecule has 0 atom stereocenters. The number of allylic oxidation sites excluding steroid dienone is 2. The van der Waals surface area contributed by atoms with Crippen molar-refractivity contribution in [1.82, 2.24) is 0 Å². The van der Waals surface area contributed by atoms with Crippen LogP contribution in [0.15, 0.2) is 49.6 Å². The minimum Gasteiger partial charge on any atom is -0.0991 e. The highest BCUT2D eigenvalue weighted by molar-refractivity contribution is 5.95. The molecule has 2 aromatic rings. The third kappa shape index (κ3) is 1.91. The zero-order chi connectivity index (χ0) is 13.1. The van der Waals surface area contributed by atoms with Gasteiger partial charge in [0.15, 0.2) is 0 Å². The Balaban J connectivity index is 2.91. The van der Waals surface area contributed by atoms with Crippen molar-refractivity contribution in [3.8, 4) is 0 Å². The summed E-state index contributed by atoms with van der Waals surface area (Å²) in [5.74, 6) is 0. The number of aryl methyl sites for hydroxylation is 2. The van der Waals surface area contributed by atoms with Gasteiger partial charge in [-0.15, -0.1) is 0 Å². The molecule has 0 saturated carbocycles. The summed E-state index contributed by atoms with van der Waals surface area (Å²) >= 11 is 0. The van der Waals surface area contributed by atoms with Crippen molar-refractivity contribution in [2.75, 3.05) is 0 Å². The Kier molecular flexibility index (Phi) is 3.47. The molecule has 0 aliphatic carbocycles. The maximum atomic E-state index is 3.95. The lowest BCUT2D eigenvalue weighted by Crippen LogP contribution is -1.94. The van der Waals surface area contributed by atoms with Gasteiger partial charge in [0.25, 0.3) is 0 Å². The molecule has 0 aromatic heterocycles. The van der Waals surface area contributed by atoms with Gasteiger partial charge in [-0.05, 0) is 46.9 Å². The van der Waals surface area contributed by atoms with Gasteiger partial charge >= 0.3 is 0 Å². The van der Waals surface area contributed by atoms with Crippen molar-refractivity contribution in [2.45, 2.75) is 13.8 Å². The molecule has 0 bridgehead atoms. The standard InChI is InChI=1S/C18H18/c1-5-7-10-16-14(4)18-12-9-8-11-17(18)13(3)15(16)6-2/h5-12H,1-2H2,3-4H3/b10-7-. The normalized spacial score (nSPS) is 11.0. The Morgan fingerprint density at radius 3 is 1.94 bits per heavy atom. The second kappa shape index (κ2) is 5.05. The van der Waals surface area contributed by atoms with E-state index in [0.717, 1.165) is 0 Å². The van der Waals surface area contributed by atoms with Crippen molar-refractivity contribution >= 4 is 22.9 Å². The van der Waals surface area contributed by atoms with Crippen LogP contribution in [-0.2, 0) is 0 Å². The van der Waals surface area contributed by atoms with Gasteiger partial charge in [0, 0.05) is 0 Å². The molecule has 0 aliphatic rings. The molecule has 0 spiro atoms. The van der Waals surface area contributed by atoms with Crippen LogP contribution in [0.4, 0.5) is 0 Å². The summed E-state index contributed by atoms with van der Waals surface area (Å²) in [6.07, 6.45) is 7.83. The molecule has 0 aliphatic heterocycles. The average molecular weight is 234 g/mol. The van der Waals surface area contributed by atoms with Crippen LogP contribution in [0.1, 0.15) is 22.3 Å². The van der Waals surface area contributed by atoms with Crippen LogP contribution in [0.2, 0.25) is 0 Å². The second-order valence-electron chi connectivity index (χ2n) is 4.42. The molecular formula is C18H18. The minimum atomic E-state index is 1.21. The Morgan fingerprint density at radius 2 is 1.44 bits per heavy atom. The van der Waals surface area contributed by atoms with E-state index in [4.69, 9.17) is 0 Å². The van der Waals surface area contributed by atoms with Crippen molar-refractivity contribution in [1.29, 1.82) is 0 Å². The predicted molar refractivity (Wildman–Crippen MR) is 82.7 cm³/mol. The van der Waals surface area contributed by atoms with E-state index in [2.05, 4.69) is 57.3 Å². The lowest BCUT2D eigenvalue weighted by Gasteiger charge is -2.14. The molecule has 0 heteroatoms. The van der Waals surface area contributed by atoms with Gasteiger partial charge in [-0.3, -0.25) is 0 Å². The van der Waals surface area contributed by atoms with Crippen LogP contribution >= 0.6 is 0 Å². The molecule has 0 saturated heterocycles. The maximum Gasteiger partial charge on any atom is -0.0146 e. The molecule has 18 heavy (non-hydrogen) atoms. The fraction of sp³-hybridized carbons (Fsp3) is 0.111. The highest BCUT2D eigenvalue weighted by Gasteiger charge is 2.10. The topological polar surface area (TPSA) is 0 Å². The quantitative estimate of drug-likeness (QED) is 0.632. The van der Waals surface area contributed by atoms with E-state index in [-0.39, 0.29) is 0 Å². The molecule has 0 fully saturated rings. The highest BCUT2D eigenvalue weighted by Crippen LogP contribution is 2.31. The van der Waals surface area contributed by atoms with E-state index in [9.17, 15) is 0 Å². The van der Waals surface area contributed by atoms with Crippen LogP contribution < -0.4 is 0 Å². The fourth-order valence-electron chi connectivity index (χ4n) is 2.47. The Bertz CT molecular complexity index is 643. The highest BCUT2D eigenvalue weighted by atomic mass is 14.1. The molecule has 0 unspecified atom stereocenters. The van der Waals surface area contributed by atoms with Gasteiger partial charge in [0.1, 0.15) is 0 Å². The van der Waals surface area contributed by atoms with Crippen LogP contribution in [0.5, 0.6) is 0 Å². The van der Waals surface area contributed by atoms with Gasteiger partial charge in [0.2, 0.25) is 0 Å². The lowest BCUT2D eigenvalue weighted by atomic mass is 9.90. The second-order valence-corrected chi connectivity index (χ2v) is 4.42. The first-order chi connectivity index (χ1) is 8.70. The van der Waals surface area contributed by atoms with E-state index in [1.165, 1.54) is 33.0 Å². The first kappa shape index (κ1) is 12.4. The van der Waals surface area contributed by atoms with Gasteiger partial charge in [0.05, 0.1) is 0 Å². The van der Waals surface area contributed by atoms with Crippen LogP contribution in [0.3, 0.4) is 0 Å². The third-order valence-electron chi connectivity index (χ3n) is 3.44. The van der Waals surface area contributed by atoms with E-state index >= 15 is 0 Å². The Morgan fingerprint density at radius 1 is 0.889 bits per heavy atom. The van der Waals surface area contributed by atoms with Crippen LogP contribution in [0.25, 0.3) is 22.9 Å². The van der Waals surface area contributed by atoms with Crippen LogP contribution in [-0.4, -0.2) is 0 Å². The predicted octanol–water partition coefficient (Wildman–Crippen LogP) is 5.30. The maximum absolute atomic E-state index is 3.95. The molecule has 2 aromatic carbocycles. The molecule has 0 heterocycles. The van der Waals surface area contributed by atoms with Crippen molar-refractivity contribution in [3.63, 3.8) is 0 Å². The summed E-state index contributed by atoms with van der Waals surface area (Å²) < 4.78 is 0. The summed E-state index contributed by atoms with van der Waals surface area (Å²) in [5.41, 5.74) is 5.03. The number of rotatable bonds is 3. The summed E-state index contributed by atoms with van der Waals surface area (Å²) in [6.45, 7) is 12.0. The largest absolute Gasteiger partial charge is 0.0991 e. The number of fused-ring (bicyclic) bond motifs is 1. The molecule has 0 N–H and O–H groups in total. The molecule has 90 valence electrons. The number of hydrogen-bond acceptors (Lipinski definition) is 0. The average Bonchev–Trinajstić information content (AvgIpc) is 2.41. The fourth-order valence-corrected chi connectivity index (χ4v) is 2.47. The molecular weight excluding hydrogens is 216 g/mol. The van der Waals surface area contributed by atoms with E-state index in [0.29, 0.717) is 0 Å². The minimum absolute atomic E-state index is 1.21. The first-order valence-corrected chi connectivity index (χ1v) is 6.14. The van der Waals surface area contributed by atoms with Crippen molar-refractivity contribution in [3.05, 3.63) is 71.8 Å². The molecule has 0 radical (unpaired) electrons. The van der Waals surface area contributed by atoms with Gasteiger partial charge in [-0.2, -0.15) is 0 Å². The van der Waals surface area contributed by atoms with E-state index < -0.39 is 0 Å². The number of benzene rings is 2. The van der Waals surface area contributed by atoms with Crippen molar-refractivity contribution < 1.29 is 0 Å². The Labute approximate surface area is 109 Å². The van der Waals surface area contributed by atoms with Gasteiger partial charge in [-0.1, -0.05) is 61.7 Å². The zero-order valence-corrected chi connectivity index (χ0v) is 11.0. The van der Waals surface area contributed by atoms with Crippen molar-refractivity contribution in [2.24, 2.45) is 0 Å². The van der Waals surface area contributed by atoms with E-state index in [1.807, 2.05) is 12.2 Å². The lowest BCUT2D eigenvalue weighted by molar-refractivity contribution is 1.41.